The third-order valence-corrected chi connectivity index (χ3v) is 11.2. The molecule has 0 radical (unpaired) electrons. The number of hydrogen-bond acceptors (Lipinski definition) is 9. The summed E-state index contributed by atoms with van der Waals surface area (Å²) in [5.41, 5.74) is -1.54. The average Bonchev–Trinajstić information content (AvgIpc) is 3.21. The van der Waals surface area contributed by atoms with Crippen molar-refractivity contribution in [2.75, 3.05) is 33.0 Å². The molecule has 366 valence electrons. The van der Waals surface area contributed by atoms with E-state index in [1.165, 1.54) is 103 Å². The molecule has 1 amide bonds. The molecular weight excluding hydrogens is 814 g/mol. The summed E-state index contributed by atoms with van der Waals surface area (Å²) in [6.45, 7) is 15.0. The van der Waals surface area contributed by atoms with Crippen LogP contribution in [0.1, 0.15) is 209 Å². The quantitative estimate of drug-likeness (QED) is 0.0277. The molecule has 0 aromatic carbocycles. The van der Waals surface area contributed by atoms with Crippen LogP contribution in [0.15, 0.2) is 60.8 Å². The van der Waals surface area contributed by atoms with Crippen molar-refractivity contribution in [3.8, 4) is 0 Å². The first-order chi connectivity index (χ1) is 30.2. The lowest BCUT2D eigenvalue weighted by molar-refractivity contribution is -0.154. The molecule has 0 aliphatic heterocycles. The normalized spacial score (nSPS) is 14.2. The molecule has 0 aliphatic carbocycles. The van der Waals surface area contributed by atoms with Crippen LogP contribution in [0.3, 0.4) is 0 Å². The number of phosphoric ester groups is 1. The minimum absolute atomic E-state index is 0.0162. The Hall–Kier alpha value is -2.49. The summed E-state index contributed by atoms with van der Waals surface area (Å²) in [5.74, 6) is -0.393. The van der Waals surface area contributed by atoms with E-state index in [-0.39, 0.29) is 32.8 Å². The van der Waals surface area contributed by atoms with Crippen LogP contribution in [-0.4, -0.2) is 62.3 Å². The Morgan fingerprint density at radius 1 is 0.556 bits per heavy atom. The van der Waals surface area contributed by atoms with E-state index in [0.29, 0.717) is 13.0 Å². The SMILES string of the molecule is CCCCC/C=C\C/C=C\C/C=C\C/C=C\CCCC(=O)O[C@H](COC/C=C/CCCCCCCCCCCCCCC)COP(=O)(OCCNC(=O)OC(C)(C)C)OC(C)(C)C. The number of nitrogens with one attached hydrogen (secondary N) is 1. The van der Waals surface area contributed by atoms with Gasteiger partial charge in [-0.2, -0.15) is 0 Å². The van der Waals surface area contributed by atoms with Gasteiger partial charge in [-0.3, -0.25) is 18.4 Å². The molecule has 0 rings (SSSR count). The van der Waals surface area contributed by atoms with Gasteiger partial charge in [0.05, 0.1) is 32.0 Å². The minimum Gasteiger partial charge on any atom is -0.457 e. The molecule has 0 spiro atoms. The number of alkyl carbamates (subject to hydrolysis) is 1. The van der Waals surface area contributed by atoms with Gasteiger partial charge in [0, 0.05) is 13.0 Å². The number of carbonyl (C=O) groups excluding carboxylic acids is 2. The van der Waals surface area contributed by atoms with Crippen molar-refractivity contribution in [2.24, 2.45) is 0 Å². The first-order valence-corrected chi connectivity index (χ1v) is 26.2. The maximum absolute atomic E-state index is 13.8. The third kappa shape index (κ3) is 45.9. The fourth-order valence-electron chi connectivity index (χ4n) is 6.24. The lowest BCUT2D eigenvalue weighted by Crippen LogP contribution is -2.34. The second kappa shape index (κ2) is 41.0. The maximum Gasteiger partial charge on any atom is 0.475 e. The van der Waals surface area contributed by atoms with Crippen LogP contribution in [0.2, 0.25) is 0 Å². The van der Waals surface area contributed by atoms with E-state index in [2.05, 4.69) is 73.8 Å². The minimum atomic E-state index is -4.15. The molecule has 0 bridgehead atoms. The van der Waals surface area contributed by atoms with Crippen LogP contribution in [0.25, 0.3) is 0 Å². The highest BCUT2D eigenvalue weighted by molar-refractivity contribution is 7.48. The van der Waals surface area contributed by atoms with Crippen LogP contribution in [0, 0.1) is 0 Å². The standard InChI is InChI=1S/C52H94NO9P/c1-9-11-13-15-17-19-21-23-25-27-28-30-32-34-36-38-40-42-49(54)60-48(46-57-44-41-39-37-35-33-31-29-26-24-22-20-18-16-14-12-10-2)47-59-63(56,62-52(6,7)8)58-45-43-53-50(55)61-51(3,4)5/h17,19,23,25,28,30,34,36,39,41,48H,9-16,18,20-22,24,26-27,29,31-33,35,37-38,40,42-47H2,1-8H3,(H,53,55)/b19-17-,25-23-,30-28-,36-34-,41-39+/t48-,63?/m1/s1. The number of unbranched alkanes of at least 4 members (excludes halogenated alkanes) is 17. The molecular formula is C52H94NO9P. The van der Waals surface area contributed by atoms with Crippen molar-refractivity contribution in [3.63, 3.8) is 0 Å². The summed E-state index contributed by atoms with van der Waals surface area (Å²) in [7, 11) is -4.15. The number of phosphoric acid groups is 1. The molecule has 0 aromatic rings. The molecule has 0 saturated heterocycles. The number of hydrogen-bond donors (Lipinski definition) is 1. The number of carbonyl (C=O) groups is 2. The van der Waals surface area contributed by atoms with Crippen LogP contribution < -0.4 is 5.32 Å². The molecule has 2 atom stereocenters. The summed E-state index contributed by atoms with van der Waals surface area (Å²) in [6, 6.07) is 0. The Bertz CT molecular complexity index is 1300. The van der Waals surface area contributed by atoms with Crippen LogP contribution >= 0.6 is 7.82 Å². The van der Waals surface area contributed by atoms with Crippen molar-refractivity contribution in [1.29, 1.82) is 0 Å². The van der Waals surface area contributed by atoms with E-state index in [9.17, 15) is 14.2 Å². The lowest BCUT2D eigenvalue weighted by atomic mass is 10.0. The number of esters is 1. The van der Waals surface area contributed by atoms with Crippen molar-refractivity contribution in [3.05, 3.63) is 60.8 Å². The first kappa shape index (κ1) is 60.5. The number of rotatable bonds is 41. The molecule has 0 saturated carbocycles. The Morgan fingerprint density at radius 2 is 1.02 bits per heavy atom. The van der Waals surface area contributed by atoms with Gasteiger partial charge < -0.3 is 19.5 Å². The third-order valence-electron chi connectivity index (χ3n) is 9.49. The van der Waals surface area contributed by atoms with Gasteiger partial charge in [-0.05, 0) is 99.3 Å². The van der Waals surface area contributed by atoms with Gasteiger partial charge >= 0.3 is 19.9 Å². The van der Waals surface area contributed by atoms with Crippen molar-refractivity contribution in [2.45, 2.75) is 227 Å². The smallest absolute Gasteiger partial charge is 0.457 e. The van der Waals surface area contributed by atoms with E-state index in [1.807, 2.05) is 6.08 Å². The van der Waals surface area contributed by atoms with Crippen LogP contribution in [-0.2, 0) is 37.1 Å². The average molecular weight is 908 g/mol. The number of amides is 1. The molecule has 0 aromatic heterocycles. The van der Waals surface area contributed by atoms with Crippen LogP contribution in [0.4, 0.5) is 4.79 Å². The number of allylic oxidation sites excluding steroid dienone is 9. The zero-order valence-corrected chi connectivity index (χ0v) is 42.4. The Morgan fingerprint density at radius 3 is 1.54 bits per heavy atom. The van der Waals surface area contributed by atoms with Crippen LogP contribution in [0.5, 0.6) is 0 Å². The summed E-state index contributed by atoms with van der Waals surface area (Å²) in [5, 5.41) is 2.57. The topological polar surface area (TPSA) is 119 Å². The van der Waals surface area contributed by atoms with Crippen molar-refractivity contribution < 1.29 is 41.9 Å². The Kier molecular flexibility index (Phi) is 39.4. The molecule has 0 fully saturated rings. The van der Waals surface area contributed by atoms with E-state index in [0.717, 1.165) is 38.5 Å². The van der Waals surface area contributed by atoms with Crippen molar-refractivity contribution in [1.82, 2.24) is 5.32 Å². The zero-order chi connectivity index (χ0) is 46.8. The van der Waals surface area contributed by atoms with E-state index >= 15 is 0 Å². The molecule has 0 heterocycles. The second-order valence-corrected chi connectivity index (χ2v) is 19.9. The fraction of sp³-hybridized carbons (Fsp3) is 0.769. The predicted molar refractivity (Wildman–Crippen MR) is 263 cm³/mol. The van der Waals surface area contributed by atoms with Gasteiger partial charge in [0.15, 0.2) is 0 Å². The molecule has 1 N–H and O–H groups in total. The van der Waals surface area contributed by atoms with E-state index in [1.54, 1.807) is 41.5 Å². The second-order valence-electron chi connectivity index (χ2n) is 18.3. The largest absolute Gasteiger partial charge is 0.475 e. The van der Waals surface area contributed by atoms with E-state index < -0.39 is 37.2 Å². The molecule has 11 heteroatoms. The summed E-state index contributed by atoms with van der Waals surface area (Å²) >= 11 is 0. The highest BCUT2D eigenvalue weighted by Crippen LogP contribution is 2.52. The highest BCUT2D eigenvalue weighted by Gasteiger charge is 2.34. The predicted octanol–water partition coefficient (Wildman–Crippen LogP) is 15.6. The highest BCUT2D eigenvalue weighted by atomic mass is 31.2. The summed E-state index contributed by atoms with van der Waals surface area (Å²) in [6.07, 6.45) is 47.8. The number of ether oxygens (including phenoxy) is 3. The summed E-state index contributed by atoms with van der Waals surface area (Å²) in [4.78, 5) is 25.0. The van der Waals surface area contributed by atoms with Gasteiger partial charge in [0.1, 0.15) is 11.7 Å². The van der Waals surface area contributed by atoms with Gasteiger partial charge in [-0.15, -0.1) is 0 Å². The summed E-state index contributed by atoms with van der Waals surface area (Å²) < 4.78 is 47.7. The van der Waals surface area contributed by atoms with Gasteiger partial charge in [0.2, 0.25) is 0 Å². The van der Waals surface area contributed by atoms with Crippen molar-refractivity contribution >= 4 is 19.9 Å². The van der Waals surface area contributed by atoms with Gasteiger partial charge in [0.25, 0.3) is 0 Å². The first-order valence-electron chi connectivity index (χ1n) is 24.8. The van der Waals surface area contributed by atoms with E-state index in [4.69, 9.17) is 27.8 Å². The maximum atomic E-state index is 13.8. The molecule has 1 unspecified atom stereocenters. The van der Waals surface area contributed by atoms with Gasteiger partial charge in [-0.1, -0.05) is 164 Å². The Labute approximate surface area is 386 Å². The van der Waals surface area contributed by atoms with Gasteiger partial charge in [-0.25, -0.2) is 9.36 Å². The zero-order valence-electron chi connectivity index (χ0n) is 41.5. The molecule has 0 aliphatic rings. The Balaban J connectivity index is 4.92. The molecule has 10 nitrogen and oxygen atoms in total. The fourth-order valence-corrected chi connectivity index (χ4v) is 7.76. The molecule has 63 heavy (non-hydrogen) atoms. The monoisotopic (exact) mass is 908 g/mol. The lowest BCUT2D eigenvalue weighted by Gasteiger charge is -2.27.